The van der Waals surface area contributed by atoms with Gasteiger partial charge in [-0.3, -0.25) is 10.2 Å². The Morgan fingerprint density at radius 2 is 1.75 bits per heavy atom. The number of rotatable bonds is 3. The SMILES string of the molecule is COc1c(-c2ccc(F)cc2)c(C(=O)NN)c(Br)c2ccccc12. The number of nitrogens with two attached hydrogens (primary N) is 1. The van der Waals surface area contributed by atoms with Gasteiger partial charge in [0.05, 0.1) is 12.7 Å². The first kappa shape index (κ1) is 16.4. The molecule has 0 bridgehead atoms. The lowest BCUT2D eigenvalue weighted by atomic mass is 9.93. The Balaban J connectivity index is 2.48. The Labute approximate surface area is 146 Å². The highest BCUT2D eigenvalue weighted by atomic mass is 79.9. The Morgan fingerprint density at radius 1 is 1.12 bits per heavy atom. The van der Waals surface area contributed by atoms with E-state index in [2.05, 4.69) is 21.4 Å². The lowest BCUT2D eigenvalue weighted by Crippen LogP contribution is -2.31. The van der Waals surface area contributed by atoms with Crippen molar-refractivity contribution in [3.8, 4) is 16.9 Å². The molecule has 0 saturated carbocycles. The molecule has 24 heavy (non-hydrogen) atoms. The summed E-state index contributed by atoms with van der Waals surface area (Å²) in [7, 11) is 1.53. The zero-order chi connectivity index (χ0) is 17.3. The number of methoxy groups -OCH3 is 1. The zero-order valence-electron chi connectivity index (χ0n) is 12.8. The van der Waals surface area contributed by atoms with Crippen LogP contribution in [0.4, 0.5) is 4.39 Å². The molecule has 1 amide bonds. The molecule has 0 fully saturated rings. The van der Waals surface area contributed by atoms with Crippen molar-refractivity contribution in [1.29, 1.82) is 0 Å². The molecular weight excluding hydrogens is 375 g/mol. The van der Waals surface area contributed by atoms with Gasteiger partial charge in [0, 0.05) is 20.8 Å². The van der Waals surface area contributed by atoms with Gasteiger partial charge in [0.2, 0.25) is 0 Å². The standard InChI is InChI=1S/C18H14BrFN2O2/c1-24-17-13-5-3-2-4-12(13)16(19)15(18(23)22-21)14(17)10-6-8-11(20)9-7-10/h2-9H,21H2,1H3,(H,22,23). The van der Waals surface area contributed by atoms with Crippen molar-refractivity contribution in [2.45, 2.75) is 0 Å². The summed E-state index contributed by atoms with van der Waals surface area (Å²) in [6, 6.07) is 13.4. The predicted molar refractivity (Wildman–Crippen MR) is 95.2 cm³/mol. The van der Waals surface area contributed by atoms with Crippen LogP contribution in [-0.2, 0) is 0 Å². The molecule has 0 heterocycles. The minimum atomic E-state index is -0.467. The number of amides is 1. The monoisotopic (exact) mass is 388 g/mol. The fraction of sp³-hybridized carbons (Fsp3) is 0.0556. The van der Waals surface area contributed by atoms with E-state index in [-0.39, 0.29) is 5.82 Å². The van der Waals surface area contributed by atoms with Gasteiger partial charge in [0.15, 0.2) is 0 Å². The molecule has 3 aromatic carbocycles. The number of hydrazine groups is 1. The molecule has 6 heteroatoms. The van der Waals surface area contributed by atoms with Crippen molar-refractivity contribution >= 4 is 32.6 Å². The number of hydrogen-bond acceptors (Lipinski definition) is 3. The molecule has 3 rings (SSSR count). The van der Waals surface area contributed by atoms with E-state index < -0.39 is 5.91 Å². The van der Waals surface area contributed by atoms with Gasteiger partial charge in [0.25, 0.3) is 5.91 Å². The van der Waals surface area contributed by atoms with Gasteiger partial charge in [-0.05, 0) is 33.6 Å². The molecule has 0 aromatic heterocycles. The third-order valence-corrected chi connectivity index (χ3v) is 4.62. The van der Waals surface area contributed by atoms with Crippen LogP contribution >= 0.6 is 15.9 Å². The van der Waals surface area contributed by atoms with E-state index in [1.54, 1.807) is 12.1 Å². The molecule has 3 N–H and O–H groups in total. The Hall–Kier alpha value is -2.44. The number of carbonyl (C=O) groups excluding carboxylic acids is 1. The Kier molecular flexibility index (Phi) is 4.51. The largest absolute Gasteiger partial charge is 0.495 e. The molecule has 0 aliphatic heterocycles. The fourth-order valence-electron chi connectivity index (χ4n) is 2.75. The number of ether oxygens (including phenoxy) is 1. The van der Waals surface area contributed by atoms with Gasteiger partial charge in [-0.2, -0.15) is 0 Å². The summed E-state index contributed by atoms with van der Waals surface area (Å²) in [5.41, 5.74) is 3.69. The first-order valence-corrected chi connectivity index (χ1v) is 7.92. The van der Waals surface area contributed by atoms with Gasteiger partial charge in [-0.15, -0.1) is 0 Å². The highest BCUT2D eigenvalue weighted by Crippen LogP contribution is 2.44. The summed E-state index contributed by atoms with van der Waals surface area (Å²) in [5, 5.41) is 1.65. The third kappa shape index (κ3) is 2.64. The summed E-state index contributed by atoms with van der Waals surface area (Å²) >= 11 is 3.50. The van der Waals surface area contributed by atoms with E-state index in [4.69, 9.17) is 10.6 Å². The second kappa shape index (κ2) is 6.59. The average molecular weight is 389 g/mol. The number of hydrogen-bond donors (Lipinski definition) is 2. The lowest BCUT2D eigenvalue weighted by molar-refractivity contribution is 0.0953. The van der Waals surface area contributed by atoms with Gasteiger partial charge >= 0.3 is 0 Å². The average Bonchev–Trinajstić information content (AvgIpc) is 2.62. The Bertz CT molecular complexity index is 926. The number of carbonyl (C=O) groups is 1. The first-order chi connectivity index (χ1) is 11.6. The minimum absolute atomic E-state index is 0.333. The van der Waals surface area contributed by atoms with E-state index in [1.165, 1.54) is 19.2 Å². The normalized spacial score (nSPS) is 10.7. The number of nitrogens with one attached hydrogen (secondary N) is 1. The summed E-state index contributed by atoms with van der Waals surface area (Å²) in [6.45, 7) is 0. The van der Waals surface area contributed by atoms with Crippen LogP contribution in [0.15, 0.2) is 53.0 Å². The van der Waals surface area contributed by atoms with E-state index in [9.17, 15) is 9.18 Å². The van der Waals surface area contributed by atoms with Gasteiger partial charge < -0.3 is 4.74 Å². The van der Waals surface area contributed by atoms with Crippen LogP contribution in [0, 0.1) is 5.82 Å². The van der Waals surface area contributed by atoms with Gasteiger partial charge in [-0.25, -0.2) is 10.2 Å². The maximum absolute atomic E-state index is 13.3. The topological polar surface area (TPSA) is 64.3 Å². The van der Waals surface area contributed by atoms with E-state index in [0.29, 0.717) is 26.9 Å². The minimum Gasteiger partial charge on any atom is -0.495 e. The second-order valence-corrected chi connectivity index (χ2v) is 5.92. The number of halogens is 2. The van der Waals surface area contributed by atoms with Crippen LogP contribution in [0.25, 0.3) is 21.9 Å². The van der Waals surface area contributed by atoms with Crippen LogP contribution in [0.2, 0.25) is 0 Å². The number of nitrogen functional groups attached to an aromatic ring is 1. The Morgan fingerprint density at radius 3 is 2.33 bits per heavy atom. The molecule has 0 atom stereocenters. The van der Waals surface area contributed by atoms with Crippen molar-refractivity contribution in [2.75, 3.05) is 7.11 Å². The fourth-order valence-corrected chi connectivity index (χ4v) is 3.48. The maximum atomic E-state index is 13.3. The highest BCUT2D eigenvalue weighted by Gasteiger charge is 2.24. The van der Waals surface area contributed by atoms with E-state index in [1.807, 2.05) is 24.3 Å². The van der Waals surface area contributed by atoms with Crippen LogP contribution in [0.5, 0.6) is 5.75 Å². The summed E-state index contributed by atoms with van der Waals surface area (Å²) in [6.07, 6.45) is 0. The molecule has 0 spiro atoms. The highest BCUT2D eigenvalue weighted by molar-refractivity contribution is 9.10. The third-order valence-electron chi connectivity index (χ3n) is 3.80. The maximum Gasteiger partial charge on any atom is 0.267 e. The first-order valence-electron chi connectivity index (χ1n) is 7.13. The number of fused-ring (bicyclic) bond motifs is 1. The summed E-state index contributed by atoms with van der Waals surface area (Å²) in [4.78, 5) is 12.4. The van der Waals surface area contributed by atoms with Crippen LogP contribution < -0.4 is 16.0 Å². The molecule has 0 aliphatic rings. The number of benzene rings is 3. The smallest absolute Gasteiger partial charge is 0.267 e. The quantitative estimate of drug-likeness (QED) is 0.404. The molecule has 122 valence electrons. The predicted octanol–water partition coefficient (Wildman–Crippen LogP) is 4.02. The van der Waals surface area contributed by atoms with Crippen LogP contribution in [-0.4, -0.2) is 13.0 Å². The van der Waals surface area contributed by atoms with Crippen molar-refractivity contribution < 1.29 is 13.9 Å². The van der Waals surface area contributed by atoms with Crippen LogP contribution in [0.3, 0.4) is 0 Å². The van der Waals surface area contributed by atoms with E-state index >= 15 is 0 Å². The van der Waals surface area contributed by atoms with Crippen molar-refractivity contribution in [3.63, 3.8) is 0 Å². The van der Waals surface area contributed by atoms with E-state index in [0.717, 1.165) is 10.8 Å². The summed E-state index contributed by atoms with van der Waals surface area (Å²) < 4.78 is 19.5. The molecule has 4 nitrogen and oxygen atoms in total. The van der Waals surface area contributed by atoms with Crippen molar-refractivity contribution in [1.82, 2.24) is 5.43 Å². The molecule has 0 unspecified atom stereocenters. The molecule has 0 aliphatic carbocycles. The van der Waals surface area contributed by atoms with Crippen molar-refractivity contribution in [3.05, 3.63) is 64.4 Å². The molecule has 0 radical (unpaired) electrons. The summed E-state index contributed by atoms with van der Waals surface area (Å²) in [5.74, 6) is 5.06. The van der Waals surface area contributed by atoms with Gasteiger partial charge in [-0.1, -0.05) is 36.4 Å². The molecular formula is C18H14BrFN2O2. The second-order valence-electron chi connectivity index (χ2n) is 5.12. The lowest BCUT2D eigenvalue weighted by Gasteiger charge is -2.18. The molecule has 3 aromatic rings. The van der Waals surface area contributed by atoms with Crippen molar-refractivity contribution in [2.24, 2.45) is 5.84 Å². The van der Waals surface area contributed by atoms with Crippen LogP contribution in [0.1, 0.15) is 10.4 Å². The molecule has 0 saturated heterocycles. The van der Waals surface area contributed by atoms with Gasteiger partial charge in [0.1, 0.15) is 11.6 Å². The zero-order valence-corrected chi connectivity index (χ0v) is 14.4.